The molecule has 4 heteroatoms. The van der Waals surface area contributed by atoms with Crippen LogP contribution in [0.3, 0.4) is 0 Å². The van der Waals surface area contributed by atoms with Crippen molar-refractivity contribution in [3.63, 3.8) is 0 Å². The molecule has 1 N–H and O–H groups in total. The topological polar surface area (TPSA) is 38.3 Å². The van der Waals surface area contributed by atoms with Crippen molar-refractivity contribution in [1.29, 1.82) is 0 Å². The molecule has 0 spiro atoms. The van der Waals surface area contributed by atoms with E-state index in [0.29, 0.717) is 11.3 Å². The lowest BCUT2D eigenvalue weighted by molar-refractivity contribution is 0.0940. The predicted molar refractivity (Wildman–Crippen MR) is 68.3 cm³/mol. The number of nitrogens with one attached hydrogen (secondary N) is 1. The molecular formula is C12H16BrNO2. The van der Waals surface area contributed by atoms with Crippen molar-refractivity contribution in [2.24, 2.45) is 0 Å². The average molecular weight is 286 g/mol. The first-order valence-electron chi connectivity index (χ1n) is 5.22. The molecular weight excluding hydrogens is 270 g/mol. The fourth-order valence-corrected chi connectivity index (χ4v) is 1.90. The smallest absolute Gasteiger partial charge is 0.251 e. The second-order valence-electron chi connectivity index (χ2n) is 3.46. The molecule has 0 aliphatic rings. The number of rotatable bonds is 5. The molecule has 0 bridgehead atoms. The van der Waals surface area contributed by atoms with Gasteiger partial charge in [0.05, 0.1) is 7.11 Å². The molecule has 0 aliphatic heterocycles. The number of halogens is 1. The maximum atomic E-state index is 11.9. The molecule has 0 radical (unpaired) electrons. The molecule has 0 saturated heterocycles. The van der Waals surface area contributed by atoms with Gasteiger partial charge in [0.25, 0.3) is 5.91 Å². The Hall–Kier alpha value is -1.03. The Morgan fingerprint density at radius 2 is 2.31 bits per heavy atom. The Bertz CT molecular complexity index is 351. The van der Waals surface area contributed by atoms with Gasteiger partial charge in [-0.25, -0.2) is 0 Å². The summed E-state index contributed by atoms with van der Waals surface area (Å²) in [5, 5.41) is 3.71. The van der Waals surface area contributed by atoms with Gasteiger partial charge in [-0.3, -0.25) is 4.79 Å². The lowest BCUT2D eigenvalue weighted by Crippen LogP contribution is -2.35. The zero-order chi connectivity index (χ0) is 12.0. The fraction of sp³-hybridized carbons (Fsp3) is 0.417. The van der Waals surface area contributed by atoms with E-state index in [1.165, 1.54) is 0 Å². The molecule has 1 rings (SSSR count). The van der Waals surface area contributed by atoms with Crippen LogP contribution in [0, 0.1) is 0 Å². The van der Waals surface area contributed by atoms with E-state index in [4.69, 9.17) is 4.74 Å². The van der Waals surface area contributed by atoms with Gasteiger partial charge in [0.1, 0.15) is 5.75 Å². The Labute approximate surface area is 104 Å². The summed E-state index contributed by atoms with van der Waals surface area (Å²) in [5.74, 6) is 0.629. The van der Waals surface area contributed by atoms with Crippen molar-refractivity contribution in [1.82, 2.24) is 5.32 Å². The van der Waals surface area contributed by atoms with Crippen LogP contribution in [0.15, 0.2) is 24.3 Å². The van der Waals surface area contributed by atoms with E-state index in [-0.39, 0.29) is 11.9 Å². The monoisotopic (exact) mass is 285 g/mol. The SMILES string of the molecule is CCC(CBr)NC(=O)c1cccc(OC)c1. The summed E-state index contributed by atoms with van der Waals surface area (Å²) in [5.41, 5.74) is 0.624. The summed E-state index contributed by atoms with van der Waals surface area (Å²) in [6.07, 6.45) is 0.904. The van der Waals surface area contributed by atoms with Crippen molar-refractivity contribution in [2.45, 2.75) is 19.4 Å². The highest BCUT2D eigenvalue weighted by molar-refractivity contribution is 9.09. The maximum absolute atomic E-state index is 11.9. The van der Waals surface area contributed by atoms with E-state index >= 15 is 0 Å². The summed E-state index contributed by atoms with van der Waals surface area (Å²) in [7, 11) is 1.59. The molecule has 0 saturated carbocycles. The molecule has 1 aromatic rings. The van der Waals surface area contributed by atoms with E-state index in [9.17, 15) is 4.79 Å². The number of alkyl halides is 1. The molecule has 1 amide bonds. The predicted octanol–water partition coefficient (Wildman–Crippen LogP) is 2.60. The van der Waals surface area contributed by atoms with Crippen LogP contribution in [0.25, 0.3) is 0 Å². The third-order valence-corrected chi connectivity index (χ3v) is 3.13. The van der Waals surface area contributed by atoms with Crippen LogP contribution in [0.1, 0.15) is 23.7 Å². The summed E-state index contributed by atoms with van der Waals surface area (Å²) in [4.78, 5) is 11.9. The highest BCUT2D eigenvalue weighted by Crippen LogP contribution is 2.12. The van der Waals surface area contributed by atoms with E-state index in [0.717, 1.165) is 11.8 Å². The molecule has 1 atom stereocenters. The fourth-order valence-electron chi connectivity index (χ4n) is 1.28. The summed E-state index contributed by atoms with van der Waals surface area (Å²) >= 11 is 3.37. The van der Waals surface area contributed by atoms with E-state index in [2.05, 4.69) is 21.2 Å². The van der Waals surface area contributed by atoms with E-state index in [1.54, 1.807) is 19.2 Å². The molecule has 0 heterocycles. The number of carbonyl (C=O) groups excluding carboxylic acids is 1. The first kappa shape index (κ1) is 13.0. The van der Waals surface area contributed by atoms with Crippen molar-refractivity contribution in [3.8, 4) is 5.75 Å². The second-order valence-corrected chi connectivity index (χ2v) is 4.11. The molecule has 0 aromatic heterocycles. The van der Waals surface area contributed by atoms with Gasteiger partial charge in [0, 0.05) is 16.9 Å². The van der Waals surface area contributed by atoms with Crippen LogP contribution in [-0.2, 0) is 0 Å². The lowest BCUT2D eigenvalue weighted by Gasteiger charge is -2.14. The maximum Gasteiger partial charge on any atom is 0.251 e. The molecule has 1 unspecified atom stereocenters. The first-order valence-corrected chi connectivity index (χ1v) is 6.34. The summed E-state index contributed by atoms with van der Waals surface area (Å²) in [6, 6.07) is 7.30. The van der Waals surface area contributed by atoms with E-state index < -0.39 is 0 Å². The van der Waals surface area contributed by atoms with Crippen LogP contribution >= 0.6 is 15.9 Å². The van der Waals surface area contributed by atoms with Gasteiger partial charge in [0.15, 0.2) is 0 Å². The van der Waals surface area contributed by atoms with Crippen LogP contribution in [0.4, 0.5) is 0 Å². The number of hydrogen-bond acceptors (Lipinski definition) is 2. The number of amides is 1. The molecule has 16 heavy (non-hydrogen) atoms. The minimum atomic E-state index is -0.0646. The Kier molecular flexibility index (Phi) is 5.32. The molecule has 88 valence electrons. The normalized spacial score (nSPS) is 11.9. The van der Waals surface area contributed by atoms with Crippen LogP contribution in [-0.4, -0.2) is 24.4 Å². The van der Waals surface area contributed by atoms with Crippen LogP contribution < -0.4 is 10.1 Å². The Morgan fingerprint density at radius 3 is 2.88 bits per heavy atom. The van der Waals surface area contributed by atoms with Crippen LogP contribution in [0.2, 0.25) is 0 Å². The van der Waals surface area contributed by atoms with Gasteiger partial charge in [-0.15, -0.1) is 0 Å². The zero-order valence-corrected chi connectivity index (χ0v) is 11.1. The minimum Gasteiger partial charge on any atom is -0.497 e. The summed E-state index contributed by atoms with van der Waals surface area (Å²) < 4.78 is 5.07. The first-order chi connectivity index (χ1) is 7.71. The molecule has 0 aliphatic carbocycles. The van der Waals surface area contributed by atoms with Crippen molar-refractivity contribution in [2.75, 3.05) is 12.4 Å². The van der Waals surface area contributed by atoms with Gasteiger partial charge in [-0.1, -0.05) is 28.9 Å². The van der Waals surface area contributed by atoms with E-state index in [1.807, 2.05) is 19.1 Å². The van der Waals surface area contributed by atoms with Gasteiger partial charge in [-0.05, 0) is 24.6 Å². The van der Waals surface area contributed by atoms with Crippen molar-refractivity contribution >= 4 is 21.8 Å². The highest BCUT2D eigenvalue weighted by atomic mass is 79.9. The second kappa shape index (κ2) is 6.53. The lowest BCUT2D eigenvalue weighted by atomic mass is 10.2. The number of hydrogen-bond donors (Lipinski definition) is 1. The van der Waals surface area contributed by atoms with Crippen LogP contribution in [0.5, 0.6) is 5.75 Å². The number of benzene rings is 1. The molecule has 1 aromatic carbocycles. The molecule has 3 nitrogen and oxygen atoms in total. The quantitative estimate of drug-likeness (QED) is 0.845. The number of carbonyl (C=O) groups is 1. The van der Waals surface area contributed by atoms with Gasteiger partial charge in [-0.2, -0.15) is 0 Å². The van der Waals surface area contributed by atoms with Crippen molar-refractivity contribution in [3.05, 3.63) is 29.8 Å². The average Bonchev–Trinajstić information content (AvgIpc) is 2.35. The van der Waals surface area contributed by atoms with Gasteiger partial charge in [0.2, 0.25) is 0 Å². The number of ether oxygens (including phenoxy) is 1. The van der Waals surface area contributed by atoms with Crippen molar-refractivity contribution < 1.29 is 9.53 Å². The minimum absolute atomic E-state index is 0.0646. The highest BCUT2D eigenvalue weighted by Gasteiger charge is 2.11. The Morgan fingerprint density at radius 1 is 1.56 bits per heavy atom. The Balaban J connectivity index is 2.72. The van der Waals surface area contributed by atoms with Gasteiger partial charge >= 0.3 is 0 Å². The van der Waals surface area contributed by atoms with Gasteiger partial charge < -0.3 is 10.1 Å². The zero-order valence-electron chi connectivity index (χ0n) is 9.50. The third kappa shape index (κ3) is 3.52. The standard InChI is InChI=1S/C12H16BrNO2/c1-3-10(8-13)14-12(15)9-5-4-6-11(7-9)16-2/h4-7,10H,3,8H2,1-2H3,(H,14,15). The third-order valence-electron chi connectivity index (χ3n) is 2.35. The summed E-state index contributed by atoms with van der Waals surface area (Å²) in [6.45, 7) is 2.04. The largest absolute Gasteiger partial charge is 0.497 e. The number of methoxy groups -OCH3 is 1. The molecule has 0 fully saturated rings.